The van der Waals surface area contributed by atoms with Crippen LogP contribution in [0.4, 0.5) is 10.1 Å². The Morgan fingerprint density at radius 1 is 1.19 bits per heavy atom. The number of fused-ring (bicyclic) bond motifs is 1. The molecule has 1 N–H and O–H groups in total. The molecule has 1 amide bonds. The molecule has 0 spiro atoms. The summed E-state index contributed by atoms with van der Waals surface area (Å²) in [5.74, 6) is -0.842. The maximum absolute atomic E-state index is 13.6. The van der Waals surface area contributed by atoms with E-state index in [2.05, 4.69) is 5.32 Å². The quantitative estimate of drug-likeness (QED) is 0.638. The van der Waals surface area contributed by atoms with E-state index < -0.39 is 24.3 Å². The van der Waals surface area contributed by atoms with Crippen LogP contribution in [0.25, 0.3) is 6.08 Å². The first kappa shape index (κ1) is 17.8. The van der Waals surface area contributed by atoms with Gasteiger partial charge in [-0.15, -0.1) is 0 Å². The second kappa shape index (κ2) is 7.88. The molecule has 0 fully saturated rings. The zero-order chi connectivity index (χ0) is 18.5. The summed E-state index contributed by atoms with van der Waals surface area (Å²) < 4.78 is 28.8. The van der Waals surface area contributed by atoms with Gasteiger partial charge in [-0.3, -0.25) is 4.79 Å². The van der Waals surface area contributed by atoms with Crippen molar-refractivity contribution in [2.45, 2.75) is 0 Å². The summed E-state index contributed by atoms with van der Waals surface area (Å²) in [6.07, 6.45) is 2.69. The molecule has 0 bridgehead atoms. The highest BCUT2D eigenvalue weighted by atomic mass is 35.5. The molecule has 26 heavy (non-hydrogen) atoms. The molecule has 1 aliphatic heterocycles. The largest absolute Gasteiger partial charge is 0.454 e. The second-order valence-corrected chi connectivity index (χ2v) is 5.66. The van der Waals surface area contributed by atoms with E-state index in [1.807, 2.05) is 0 Å². The van der Waals surface area contributed by atoms with Gasteiger partial charge >= 0.3 is 5.97 Å². The fourth-order valence-electron chi connectivity index (χ4n) is 2.14. The number of benzene rings is 2. The average molecular weight is 378 g/mol. The summed E-state index contributed by atoms with van der Waals surface area (Å²) in [5, 5.41) is 2.50. The third-order valence-electron chi connectivity index (χ3n) is 3.36. The van der Waals surface area contributed by atoms with Gasteiger partial charge in [0.2, 0.25) is 6.79 Å². The van der Waals surface area contributed by atoms with E-state index in [9.17, 15) is 14.0 Å². The second-order valence-electron chi connectivity index (χ2n) is 5.23. The van der Waals surface area contributed by atoms with E-state index in [0.717, 1.165) is 6.07 Å². The number of anilines is 1. The van der Waals surface area contributed by atoms with Crippen molar-refractivity contribution in [1.82, 2.24) is 0 Å². The molecule has 6 nitrogen and oxygen atoms in total. The Bertz CT molecular complexity index is 884. The van der Waals surface area contributed by atoms with Crippen molar-refractivity contribution < 1.29 is 28.2 Å². The smallest absolute Gasteiger partial charge is 0.331 e. The number of hydrogen-bond acceptors (Lipinski definition) is 5. The van der Waals surface area contributed by atoms with Crippen LogP contribution in [0.5, 0.6) is 11.5 Å². The lowest BCUT2D eigenvalue weighted by Crippen LogP contribution is -2.20. The zero-order valence-corrected chi connectivity index (χ0v) is 14.1. The predicted molar refractivity (Wildman–Crippen MR) is 92.6 cm³/mol. The maximum Gasteiger partial charge on any atom is 0.331 e. The molecule has 0 saturated carbocycles. The Kier molecular flexibility index (Phi) is 5.38. The third kappa shape index (κ3) is 4.52. The lowest BCUT2D eigenvalue weighted by atomic mass is 10.2. The van der Waals surface area contributed by atoms with Gasteiger partial charge in [0.25, 0.3) is 5.91 Å². The standard InChI is InChI=1S/C18H13ClFNO5/c19-12-3-4-14(13(20)8-12)21-17(22)9-24-18(23)6-2-11-1-5-15-16(7-11)26-10-25-15/h1-8H,9-10H2,(H,21,22). The summed E-state index contributed by atoms with van der Waals surface area (Å²) in [6, 6.07) is 8.99. The summed E-state index contributed by atoms with van der Waals surface area (Å²) >= 11 is 5.63. The Labute approximate surface area is 153 Å². The Balaban J connectivity index is 1.49. The van der Waals surface area contributed by atoms with Gasteiger partial charge in [-0.2, -0.15) is 0 Å². The van der Waals surface area contributed by atoms with E-state index in [-0.39, 0.29) is 17.5 Å². The van der Waals surface area contributed by atoms with Gasteiger partial charge < -0.3 is 19.5 Å². The molecular formula is C18H13ClFNO5. The van der Waals surface area contributed by atoms with Crippen molar-refractivity contribution in [3.8, 4) is 11.5 Å². The molecule has 0 aromatic heterocycles. The first-order valence-electron chi connectivity index (χ1n) is 7.50. The first-order chi connectivity index (χ1) is 12.5. The minimum absolute atomic E-state index is 0.0497. The van der Waals surface area contributed by atoms with Crippen molar-refractivity contribution in [3.63, 3.8) is 0 Å². The van der Waals surface area contributed by atoms with Gasteiger partial charge in [-0.1, -0.05) is 17.7 Å². The number of carbonyl (C=O) groups is 2. The number of halogens is 2. The van der Waals surface area contributed by atoms with Gasteiger partial charge in [-0.05, 0) is 42.0 Å². The molecule has 3 rings (SSSR count). The van der Waals surface area contributed by atoms with Crippen LogP contribution in [-0.4, -0.2) is 25.3 Å². The summed E-state index contributed by atoms with van der Waals surface area (Å²) in [7, 11) is 0. The number of amides is 1. The van der Waals surface area contributed by atoms with Crippen LogP contribution in [0.2, 0.25) is 5.02 Å². The van der Waals surface area contributed by atoms with Gasteiger partial charge in [0, 0.05) is 11.1 Å². The Hall–Kier alpha value is -3.06. The number of hydrogen-bond donors (Lipinski definition) is 1. The van der Waals surface area contributed by atoms with Crippen LogP contribution in [0.1, 0.15) is 5.56 Å². The minimum atomic E-state index is -0.714. The highest BCUT2D eigenvalue weighted by molar-refractivity contribution is 6.30. The van der Waals surface area contributed by atoms with E-state index in [1.165, 1.54) is 24.3 Å². The molecule has 0 unspecified atom stereocenters. The van der Waals surface area contributed by atoms with Gasteiger partial charge in [-0.25, -0.2) is 9.18 Å². The van der Waals surface area contributed by atoms with Crippen molar-refractivity contribution in [2.75, 3.05) is 18.7 Å². The van der Waals surface area contributed by atoms with Crippen molar-refractivity contribution in [2.24, 2.45) is 0 Å². The fraction of sp³-hybridized carbons (Fsp3) is 0.111. The first-order valence-corrected chi connectivity index (χ1v) is 7.88. The van der Waals surface area contributed by atoms with Crippen LogP contribution in [0, 0.1) is 5.82 Å². The summed E-state index contributed by atoms with van der Waals surface area (Å²) in [5.41, 5.74) is 0.658. The number of carbonyl (C=O) groups excluding carboxylic acids is 2. The molecular weight excluding hydrogens is 365 g/mol. The molecule has 0 aliphatic carbocycles. The Morgan fingerprint density at radius 2 is 2.00 bits per heavy atom. The number of esters is 1. The van der Waals surface area contributed by atoms with Crippen LogP contribution in [-0.2, 0) is 14.3 Å². The third-order valence-corrected chi connectivity index (χ3v) is 3.59. The van der Waals surface area contributed by atoms with Crippen LogP contribution in [0.3, 0.4) is 0 Å². The molecule has 1 aliphatic rings. The molecule has 134 valence electrons. The van der Waals surface area contributed by atoms with E-state index in [0.29, 0.717) is 17.1 Å². The summed E-state index contributed by atoms with van der Waals surface area (Å²) in [6.45, 7) is -0.389. The van der Waals surface area contributed by atoms with Gasteiger partial charge in [0.05, 0.1) is 5.69 Å². The zero-order valence-electron chi connectivity index (χ0n) is 13.3. The van der Waals surface area contributed by atoms with Crippen molar-refractivity contribution >= 4 is 35.2 Å². The molecule has 0 saturated heterocycles. The molecule has 1 heterocycles. The molecule has 0 radical (unpaired) electrons. The monoisotopic (exact) mass is 377 g/mol. The maximum atomic E-state index is 13.6. The molecule has 2 aromatic carbocycles. The van der Waals surface area contributed by atoms with Gasteiger partial charge in [0.1, 0.15) is 5.82 Å². The van der Waals surface area contributed by atoms with E-state index in [4.69, 9.17) is 25.8 Å². The van der Waals surface area contributed by atoms with Crippen molar-refractivity contribution in [1.29, 1.82) is 0 Å². The fourth-order valence-corrected chi connectivity index (χ4v) is 2.30. The molecule has 0 atom stereocenters. The normalized spacial score (nSPS) is 12.2. The molecule has 8 heteroatoms. The average Bonchev–Trinajstić information content (AvgIpc) is 3.08. The van der Waals surface area contributed by atoms with E-state index in [1.54, 1.807) is 18.2 Å². The number of ether oxygens (including phenoxy) is 3. The molecule has 2 aromatic rings. The highest BCUT2D eigenvalue weighted by Crippen LogP contribution is 2.32. The highest BCUT2D eigenvalue weighted by Gasteiger charge is 2.13. The van der Waals surface area contributed by atoms with Crippen LogP contribution >= 0.6 is 11.6 Å². The number of rotatable bonds is 5. The lowest BCUT2D eigenvalue weighted by molar-refractivity contribution is -0.142. The SMILES string of the molecule is O=C(COC(=O)C=Cc1ccc2c(c1)OCO2)Nc1ccc(Cl)cc1F. The Morgan fingerprint density at radius 3 is 2.81 bits per heavy atom. The van der Waals surface area contributed by atoms with Crippen molar-refractivity contribution in [3.05, 3.63) is 58.9 Å². The minimum Gasteiger partial charge on any atom is -0.454 e. The van der Waals surface area contributed by atoms with Gasteiger partial charge in [0.15, 0.2) is 18.1 Å². The van der Waals surface area contributed by atoms with Crippen LogP contribution in [0.15, 0.2) is 42.5 Å². The lowest BCUT2D eigenvalue weighted by Gasteiger charge is -2.06. The van der Waals surface area contributed by atoms with Crippen LogP contribution < -0.4 is 14.8 Å². The van der Waals surface area contributed by atoms with E-state index >= 15 is 0 Å². The predicted octanol–water partition coefficient (Wildman–Crippen LogP) is 3.40. The topological polar surface area (TPSA) is 73.9 Å². The number of nitrogens with one attached hydrogen (secondary N) is 1. The summed E-state index contributed by atoms with van der Waals surface area (Å²) in [4.78, 5) is 23.4.